The Kier molecular flexibility index (Phi) is 2.32. The van der Waals surface area contributed by atoms with Gasteiger partial charge in [0.1, 0.15) is 0 Å². The minimum Gasteiger partial charge on any atom is -0.392 e. The van der Waals surface area contributed by atoms with Crippen molar-refractivity contribution in [1.82, 2.24) is 0 Å². The summed E-state index contributed by atoms with van der Waals surface area (Å²) in [5.41, 5.74) is 2.24. The number of aliphatic hydroxyl groups is 1. The lowest BCUT2D eigenvalue weighted by Crippen LogP contribution is -2.38. The minimum atomic E-state index is -0.256. The molecule has 1 nitrogen and oxygen atoms in total. The van der Waals surface area contributed by atoms with E-state index in [1.807, 2.05) is 12.1 Å². The second kappa shape index (κ2) is 3.25. The number of halogens is 1. The van der Waals surface area contributed by atoms with E-state index in [9.17, 15) is 5.11 Å². The predicted molar refractivity (Wildman–Crippen MR) is 58.8 cm³/mol. The second-order valence-electron chi connectivity index (χ2n) is 4.54. The van der Waals surface area contributed by atoms with Crippen LogP contribution in [-0.4, -0.2) is 11.2 Å². The Morgan fingerprint density at radius 1 is 1.43 bits per heavy atom. The molecule has 1 aliphatic rings. The monoisotopic (exact) mass is 210 g/mol. The number of fused-ring (bicyclic) bond motifs is 1. The summed E-state index contributed by atoms with van der Waals surface area (Å²) < 4.78 is 0. The van der Waals surface area contributed by atoms with Gasteiger partial charge in [0.2, 0.25) is 0 Å². The molecule has 1 N–H and O–H groups in total. The smallest absolute Gasteiger partial charge is 0.0634 e. The van der Waals surface area contributed by atoms with Crippen LogP contribution in [0.3, 0.4) is 0 Å². The van der Waals surface area contributed by atoms with E-state index in [4.69, 9.17) is 11.6 Å². The number of hydrogen-bond acceptors (Lipinski definition) is 1. The molecule has 2 rings (SSSR count). The average Bonchev–Trinajstić information content (AvgIpc) is 2.13. The zero-order valence-electron chi connectivity index (χ0n) is 8.55. The molecule has 0 radical (unpaired) electrons. The lowest BCUT2D eigenvalue weighted by atomic mass is 9.71. The van der Waals surface area contributed by atoms with Gasteiger partial charge in [-0.25, -0.2) is 0 Å². The summed E-state index contributed by atoms with van der Waals surface area (Å²) in [6.07, 6.45) is 1.44. The van der Waals surface area contributed by atoms with E-state index < -0.39 is 0 Å². The lowest BCUT2D eigenvalue weighted by molar-refractivity contribution is 0.0831. The first-order valence-electron chi connectivity index (χ1n) is 4.99. The fraction of sp³-hybridized carbons (Fsp3) is 0.500. The molecule has 1 atom stereocenters. The molecule has 0 fully saturated rings. The lowest BCUT2D eigenvalue weighted by Gasteiger charge is -2.37. The molecule has 14 heavy (non-hydrogen) atoms. The van der Waals surface area contributed by atoms with Gasteiger partial charge in [-0.1, -0.05) is 37.6 Å². The first-order valence-corrected chi connectivity index (χ1v) is 5.37. The van der Waals surface area contributed by atoms with Crippen LogP contribution in [-0.2, 0) is 11.8 Å². The molecule has 0 amide bonds. The normalized spacial score (nSPS) is 24.4. The molecule has 0 heterocycles. The SMILES string of the molecule is CC1(C)c2cccc(Cl)c2CCC1O. The van der Waals surface area contributed by atoms with Crippen molar-refractivity contribution in [3.05, 3.63) is 34.3 Å². The topological polar surface area (TPSA) is 20.2 Å². The first-order chi connectivity index (χ1) is 6.53. The van der Waals surface area contributed by atoms with Crippen LogP contribution >= 0.6 is 11.6 Å². The largest absolute Gasteiger partial charge is 0.392 e. The van der Waals surface area contributed by atoms with Crippen LogP contribution < -0.4 is 0 Å². The zero-order chi connectivity index (χ0) is 10.3. The van der Waals surface area contributed by atoms with Crippen molar-refractivity contribution < 1.29 is 5.11 Å². The van der Waals surface area contributed by atoms with Crippen molar-refractivity contribution in [2.24, 2.45) is 0 Å². The summed E-state index contributed by atoms with van der Waals surface area (Å²) in [5, 5.41) is 10.8. The van der Waals surface area contributed by atoms with Gasteiger partial charge in [0.15, 0.2) is 0 Å². The van der Waals surface area contributed by atoms with Gasteiger partial charge in [-0.15, -0.1) is 0 Å². The molecule has 0 aromatic heterocycles. The van der Waals surface area contributed by atoms with Crippen molar-refractivity contribution in [2.45, 2.75) is 38.2 Å². The summed E-state index contributed by atoms with van der Waals surface area (Å²) in [5.74, 6) is 0. The van der Waals surface area contributed by atoms with E-state index in [1.165, 1.54) is 11.1 Å². The van der Waals surface area contributed by atoms with Crippen LogP contribution in [0.4, 0.5) is 0 Å². The summed E-state index contributed by atoms with van der Waals surface area (Å²) in [7, 11) is 0. The van der Waals surface area contributed by atoms with E-state index >= 15 is 0 Å². The van der Waals surface area contributed by atoms with Crippen LogP contribution in [0.15, 0.2) is 18.2 Å². The third kappa shape index (κ3) is 1.35. The van der Waals surface area contributed by atoms with Crippen LogP contribution in [0.1, 0.15) is 31.4 Å². The number of benzene rings is 1. The van der Waals surface area contributed by atoms with Crippen molar-refractivity contribution in [3.8, 4) is 0 Å². The number of aliphatic hydroxyl groups excluding tert-OH is 1. The van der Waals surface area contributed by atoms with E-state index in [0.29, 0.717) is 0 Å². The second-order valence-corrected chi connectivity index (χ2v) is 4.95. The highest BCUT2D eigenvalue weighted by Crippen LogP contribution is 2.39. The highest BCUT2D eigenvalue weighted by Gasteiger charge is 2.35. The molecule has 1 aromatic carbocycles. The maximum absolute atomic E-state index is 9.93. The molecule has 1 unspecified atom stereocenters. The standard InChI is InChI=1S/C12H15ClO/c1-12(2)9-4-3-5-10(13)8(9)6-7-11(12)14/h3-5,11,14H,6-7H2,1-2H3. The van der Waals surface area contributed by atoms with Gasteiger partial charge in [-0.05, 0) is 30.0 Å². The highest BCUT2D eigenvalue weighted by molar-refractivity contribution is 6.31. The average molecular weight is 211 g/mol. The van der Waals surface area contributed by atoms with Crippen LogP contribution in [0, 0.1) is 0 Å². The van der Waals surface area contributed by atoms with Gasteiger partial charge in [-0.2, -0.15) is 0 Å². The molecule has 1 aromatic rings. The van der Waals surface area contributed by atoms with Crippen LogP contribution in [0.25, 0.3) is 0 Å². The number of hydrogen-bond donors (Lipinski definition) is 1. The van der Waals surface area contributed by atoms with Gasteiger partial charge in [-0.3, -0.25) is 0 Å². The molecular formula is C12H15ClO. The van der Waals surface area contributed by atoms with Crippen LogP contribution in [0.2, 0.25) is 5.02 Å². The Hall–Kier alpha value is -0.530. The van der Waals surface area contributed by atoms with E-state index in [-0.39, 0.29) is 11.5 Å². The Morgan fingerprint density at radius 3 is 2.86 bits per heavy atom. The molecule has 1 aliphatic carbocycles. The molecule has 0 saturated carbocycles. The van der Waals surface area contributed by atoms with Gasteiger partial charge in [0, 0.05) is 10.4 Å². The van der Waals surface area contributed by atoms with Crippen molar-refractivity contribution in [3.63, 3.8) is 0 Å². The Bertz CT molecular complexity index is 357. The maximum atomic E-state index is 9.93. The quantitative estimate of drug-likeness (QED) is 0.698. The third-order valence-electron chi connectivity index (χ3n) is 3.31. The minimum absolute atomic E-state index is 0.168. The zero-order valence-corrected chi connectivity index (χ0v) is 9.30. The maximum Gasteiger partial charge on any atom is 0.0634 e. The number of rotatable bonds is 0. The molecule has 76 valence electrons. The van der Waals surface area contributed by atoms with Gasteiger partial charge in [0.25, 0.3) is 0 Å². The van der Waals surface area contributed by atoms with E-state index in [0.717, 1.165) is 17.9 Å². The van der Waals surface area contributed by atoms with E-state index in [2.05, 4.69) is 19.9 Å². The fourth-order valence-electron chi connectivity index (χ4n) is 2.24. The Morgan fingerprint density at radius 2 is 2.14 bits per heavy atom. The molecule has 0 saturated heterocycles. The molecule has 2 heteroatoms. The molecule has 0 aliphatic heterocycles. The predicted octanol–water partition coefficient (Wildman–Crippen LogP) is 2.92. The van der Waals surface area contributed by atoms with Gasteiger partial charge >= 0.3 is 0 Å². The van der Waals surface area contributed by atoms with Crippen molar-refractivity contribution in [1.29, 1.82) is 0 Å². The van der Waals surface area contributed by atoms with E-state index in [1.54, 1.807) is 0 Å². The molecule has 0 bridgehead atoms. The summed E-state index contributed by atoms with van der Waals surface area (Å²) in [4.78, 5) is 0. The molecular weight excluding hydrogens is 196 g/mol. The first kappa shape index (κ1) is 10.0. The summed E-state index contributed by atoms with van der Waals surface area (Å²) in [6.45, 7) is 4.15. The third-order valence-corrected chi connectivity index (χ3v) is 3.67. The molecule has 0 spiro atoms. The van der Waals surface area contributed by atoms with Crippen LogP contribution in [0.5, 0.6) is 0 Å². The van der Waals surface area contributed by atoms with Gasteiger partial charge in [0.05, 0.1) is 6.10 Å². The van der Waals surface area contributed by atoms with Crippen molar-refractivity contribution >= 4 is 11.6 Å². The Balaban J connectivity index is 2.59. The fourth-order valence-corrected chi connectivity index (χ4v) is 2.51. The summed E-state index contributed by atoms with van der Waals surface area (Å²) in [6, 6.07) is 5.96. The van der Waals surface area contributed by atoms with Crippen molar-refractivity contribution in [2.75, 3.05) is 0 Å². The van der Waals surface area contributed by atoms with Gasteiger partial charge < -0.3 is 5.11 Å². The summed E-state index contributed by atoms with van der Waals surface area (Å²) >= 11 is 6.14. The highest BCUT2D eigenvalue weighted by atomic mass is 35.5. The Labute approximate surface area is 89.7 Å².